The molecule has 1 aromatic heterocycles. The van der Waals surface area contributed by atoms with Gasteiger partial charge < -0.3 is 11.5 Å². The summed E-state index contributed by atoms with van der Waals surface area (Å²) in [6.07, 6.45) is 0. The van der Waals surface area contributed by atoms with Crippen LogP contribution < -0.4 is 11.5 Å². The van der Waals surface area contributed by atoms with Gasteiger partial charge in [-0.1, -0.05) is 17.7 Å². The molecule has 100 valence electrons. The number of nitrogen functional groups attached to an aromatic ring is 2. The number of rotatable bonds is 1. The minimum absolute atomic E-state index is 0.0158. The monoisotopic (exact) mass is 288 g/mol. The fourth-order valence-electron chi connectivity index (χ4n) is 1.97. The Morgan fingerprint density at radius 1 is 1.05 bits per heavy atom. The third-order valence-corrected chi connectivity index (χ3v) is 3.23. The van der Waals surface area contributed by atoms with E-state index in [9.17, 15) is 4.39 Å². The number of nitrogens with zero attached hydrogens (tertiary/aromatic N) is 2. The van der Waals surface area contributed by atoms with E-state index in [1.54, 1.807) is 30.3 Å². The van der Waals surface area contributed by atoms with E-state index in [4.69, 9.17) is 23.1 Å². The lowest BCUT2D eigenvalue weighted by atomic mass is 10.1. The molecule has 0 spiro atoms. The molecule has 0 aliphatic rings. The lowest BCUT2D eigenvalue weighted by molar-refractivity contribution is 0.630. The van der Waals surface area contributed by atoms with Crippen molar-refractivity contribution in [2.24, 2.45) is 0 Å². The molecule has 0 aliphatic heterocycles. The highest BCUT2D eigenvalue weighted by molar-refractivity contribution is 6.31. The zero-order chi connectivity index (χ0) is 14.3. The number of hydrogen-bond acceptors (Lipinski definition) is 4. The second-order valence-corrected chi connectivity index (χ2v) is 4.72. The third kappa shape index (κ3) is 2.02. The molecule has 2 aromatic carbocycles. The topological polar surface area (TPSA) is 77.8 Å². The maximum absolute atomic E-state index is 14.0. The van der Waals surface area contributed by atoms with Crippen molar-refractivity contribution < 1.29 is 4.39 Å². The minimum Gasteiger partial charge on any atom is -0.399 e. The summed E-state index contributed by atoms with van der Waals surface area (Å²) < 4.78 is 14.0. The number of fused-ring (bicyclic) bond motifs is 1. The summed E-state index contributed by atoms with van der Waals surface area (Å²) in [6, 6.07) is 9.75. The summed E-state index contributed by atoms with van der Waals surface area (Å²) in [7, 11) is 0. The van der Waals surface area contributed by atoms with Gasteiger partial charge in [0.15, 0.2) is 11.6 Å². The lowest BCUT2D eigenvalue weighted by Crippen LogP contribution is -2.00. The Balaban J connectivity index is 2.28. The van der Waals surface area contributed by atoms with Crippen LogP contribution in [0.5, 0.6) is 0 Å². The molecule has 0 amide bonds. The third-order valence-electron chi connectivity index (χ3n) is 2.94. The van der Waals surface area contributed by atoms with Crippen molar-refractivity contribution >= 4 is 34.0 Å². The van der Waals surface area contributed by atoms with Gasteiger partial charge in [0.25, 0.3) is 0 Å². The Kier molecular flexibility index (Phi) is 2.91. The van der Waals surface area contributed by atoms with Crippen molar-refractivity contribution in [1.29, 1.82) is 0 Å². The van der Waals surface area contributed by atoms with Crippen LogP contribution in [0.25, 0.3) is 22.3 Å². The normalized spacial score (nSPS) is 10.9. The van der Waals surface area contributed by atoms with Crippen molar-refractivity contribution in [3.8, 4) is 11.4 Å². The average Bonchev–Trinajstić information content (AvgIpc) is 2.42. The molecule has 20 heavy (non-hydrogen) atoms. The van der Waals surface area contributed by atoms with E-state index in [-0.39, 0.29) is 22.2 Å². The Labute approximate surface area is 119 Å². The van der Waals surface area contributed by atoms with Crippen LogP contribution in [0.2, 0.25) is 5.02 Å². The van der Waals surface area contributed by atoms with E-state index >= 15 is 0 Å². The van der Waals surface area contributed by atoms with Crippen LogP contribution >= 0.6 is 11.6 Å². The summed E-state index contributed by atoms with van der Waals surface area (Å²) >= 11 is 5.76. The Morgan fingerprint density at radius 2 is 1.85 bits per heavy atom. The minimum atomic E-state index is -0.566. The molecular formula is C14H10ClFN4. The molecule has 3 rings (SSSR count). The van der Waals surface area contributed by atoms with Crippen molar-refractivity contribution in [3.05, 3.63) is 47.2 Å². The quantitative estimate of drug-likeness (QED) is 0.674. The van der Waals surface area contributed by atoms with E-state index in [0.29, 0.717) is 16.6 Å². The van der Waals surface area contributed by atoms with Gasteiger partial charge in [-0.3, -0.25) is 0 Å². The number of hydrogen-bond donors (Lipinski definition) is 2. The molecule has 0 unspecified atom stereocenters. The van der Waals surface area contributed by atoms with E-state index in [0.717, 1.165) is 0 Å². The van der Waals surface area contributed by atoms with Gasteiger partial charge in [-0.05, 0) is 30.3 Å². The molecule has 0 radical (unpaired) electrons. The van der Waals surface area contributed by atoms with Gasteiger partial charge in [0.1, 0.15) is 5.82 Å². The molecule has 4 nitrogen and oxygen atoms in total. The van der Waals surface area contributed by atoms with Crippen molar-refractivity contribution in [2.45, 2.75) is 0 Å². The van der Waals surface area contributed by atoms with Gasteiger partial charge in [-0.25, -0.2) is 14.4 Å². The molecule has 3 aromatic rings. The average molecular weight is 289 g/mol. The molecular weight excluding hydrogens is 279 g/mol. The molecule has 0 fully saturated rings. The van der Waals surface area contributed by atoms with Crippen LogP contribution in [0.15, 0.2) is 36.4 Å². The Hall–Kier alpha value is -2.40. The first-order valence-corrected chi connectivity index (χ1v) is 6.21. The molecule has 0 atom stereocenters. The highest BCUT2D eigenvalue weighted by Gasteiger charge is 2.13. The predicted octanol–water partition coefficient (Wildman–Crippen LogP) is 3.25. The first-order chi connectivity index (χ1) is 9.56. The zero-order valence-corrected chi connectivity index (χ0v) is 11.0. The highest BCUT2D eigenvalue weighted by Crippen LogP contribution is 2.28. The second-order valence-electron chi connectivity index (χ2n) is 4.31. The summed E-state index contributed by atoms with van der Waals surface area (Å²) in [5, 5.41) is 0.651. The molecule has 0 bridgehead atoms. The SMILES string of the molecule is Nc1ccc2nc(-c3cccc(Cl)c3F)nc(N)c2c1. The van der Waals surface area contributed by atoms with Crippen LogP contribution in [0.3, 0.4) is 0 Å². The number of benzene rings is 2. The zero-order valence-electron chi connectivity index (χ0n) is 10.3. The summed E-state index contributed by atoms with van der Waals surface area (Å²) in [4.78, 5) is 8.43. The molecule has 0 saturated heterocycles. The van der Waals surface area contributed by atoms with Crippen LogP contribution in [-0.2, 0) is 0 Å². The van der Waals surface area contributed by atoms with E-state index in [1.165, 1.54) is 6.07 Å². The Bertz CT molecular complexity index is 820. The van der Waals surface area contributed by atoms with Crippen molar-refractivity contribution in [2.75, 3.05) is 11.5 Å². The van der Waals surface area contributed by atoms with Crippen LogP contribution in [0.4, 0.5) is 15.9 Å². The van der Waals surface area contributed by atoms with E-state index in [1.807, 2.05) is 0 Å². The number of halogens is 2. The van der Waals surface area contributed by atoms with Crippen LogP contribution in [0.1, 0.15) is 0 Å². The number of aromatic nitrogens is 2. The van der Waals surface area contributed by atoms with Crippen LogP contribution in [-0.4, -0.2) is 9.97 Å². The fourth-order valence-corrected chi connectivity index (χ4v) is 2.14. The smallest absolute Gasteiger partial charge is 0.165 e. The van der Waals surface area contributed by atoms with Gasteiger partial charge in [-0.2, -0.15) is 0 Å². The molecule has 6 heteroatoms. The number of anilines is 2. The maximum atomic E-state index is 14.0. The predicted molar refractivity (Wildman–Crippen MR) is 78.8 cm³/mol. The van der Waals surface area contributed by atoms with Gasteiger partial charge in [0, 0.05) is 11.1 Å². The number of nitrogens with two attached hydrogens (primary N) is 2. The van der Waals surface area contributed by atoms with Gasteiger partial charge in [0.2, 0.25) is 0 Å². The highest BCUT2D eigenvalue weighted by atomic mass is 35.5. The van der Waals surface area contributed by atoms with E-state index < -0.39 is 5.82 Å². The van der Waals surface area contributed by atoms with Crippen molar-refractivity contribution in [3.63, 3.8) is 0 Å². The maximum Gasteiger partial charge on any atom is 0.165 e. The molecule has 0 aliphatic carbocycles. The largest absolute Gasteiger partial charge is 0.399 e. The standard InChI is InChI=1S/C14H10ClFN4/c15-10-3-1-2-8(12(10)16)14-19-11-5-4-7(17)6-9(11)13(18)20-14/h1-6H,17H2,(H2,18,19,20). The van der Waals surface area contributed by atoms with Gasteiger partial charge in [0.05, 0.1) is 16.1 Å². The summed E-state index contributed by atoms with van der Waals surface area (Å²) in [5.41, 5.74) is 13.0. The fraction of sp³-hybridized carbons (Fsp3) is 0. The first kappa shape index (κ1) is 12.6. The van der Waals surface area contributed by atoms with E-state index in [2.05, 4.69) is 9.97 Å². The lowest BCUT2D eigenvalue weighted by Gasteiger charge is -2.07. The van der Waals surface area contributed by atoms with Crippen LogP contribution in [0, 0.1) is 5.82 Å². The van der Waals surface area contributed by atoms with Gasteiger partial charge >= 0.3 is 0 Å². The summed E-state index contributed by atoms with van der Waals surface area (Å²) in [5.74, 6) is -0.125. The Morgan fingerprint density at radius 3 is 2.65 bits per heavy atom. The molecule has 1 heterocycles. The van der Waals surface area contributed by atoms with Crippen molar-refractivity contribution in [1.82, 2.24) is 9.97 Å². The second kappa shape index (κ2) is 4.61. The molecule has 4 N–H and O–H groups in total. The summed E-state index contributed by atoms with van der Waals surface area (Å²) in [6.45, 7) is 0. The first-order valence-electron chi connectivity index (χ1n) is 5.83. The molecule has 0 saturated carbocycles. The van der Waals surface area contributed by atoms with Gasteiger partial charge in [-0.15, -0.1) is 0 Å².